The van der Waals surface area contributed by atoms with E-state index in [0.717, 1.165) is 6.08 Å². The second-order valence-electron chi connectivity index (χ2n) is 6.47. The van der Waals surface area contributed by atoms with Crippen LogP contribution < -0.4 is 21.7 Å². The molecule has 11 heteroatoms. The highest BCUT2D eigenvalue weighted by Gasteiger charge is 2.14. The smallest absolute Gasteiger partial charge is 0.247 e. The number of halogens is 2. The van der Waals surface area contributed by atoms with Gasteiger partial charge < -0.3 is 21.7 Å². The summed E-state index contributed by atoms with van der Waals surface area (Å²) < 4.78 is 14.6. The Kier molecular flexibility index (Phi) is 7.66. The normalized spacial score (nSPS) is 11.3. The minimum absolute atomic E-state index is 0.0781. The Labute approximate surface area is 194 Å². The lowest BCUT2D eigenvalue weighted by Gasteiger charge is -2.15. The monoisotopic (exact) mass is 466 g/mol. The summed E-state index contributed by atoms with van der Waals surface area (Å²) >= 11 is 5.90. The first-order chi connectivity index (χ1) is 15.9. The molecule has 1 aromatic carbocycles. The molecule has 3 aromatic rings. The standard InChI is InChI=1S/C22H20ClFN8O/c1-3-20(33)29-14-5-6-17(24)18(8-14)31-21-16(13-4-7-19(23)27-10-13)12-28-22(32-21)30-15(9-25)11-26-2/h3-12H,1,25H2,2H3,(H,29,33)(H2,28,30,31,32)/b15-9+,26-11?. The summed E-state index contributed by atoms with van der Waals surface area (Å²) in [6.07, 6.45) is 7.02. The van der Waals surface area contributed by atoms with E-state index in [1.807, 2.05) is 0 Å². The van der Waals surface area contributed by atoms with Crippen LogP contribution in [0.25, 0.3) is 11.1 Å². The third kappa shape index (κ3) is 6.11. The average molecular weight is 467 g/mol. The second kappa shape index (κ2) is 10.8. The molecule has 0 spiro atoms. The number of aromatic nitrogens is 3. The van der Waals surface area contributed by atoms with Crippen molar-refractivity contribution in [2.45, 2.75) is 0 Å². The first-order valence-electron chi connectivity index (χ1n) is 9.53. The number of allylic oxidation sites excluding steroid dienone is 1. The van der Waals surface area contributed by atoms with Crippen LogP contribution in [0.5, 0.6) is 0 Å². The molecular weight excluding hydrogens is 447 g/mol. The average Bonchev–Trinajstić information content (AvgIpc) is 2.81. The van der Waals surface area contributed by atoms with Gasteiger partial charge in [0.2, 0.25) is 11.9 Å². The SMILES string of the molecule is C=CC(=O)Nc1ccc(F)c(Nc2nc(N/C(C=NC)=C/N)ncc2-c2ccc(Cl)nc2)c1. The number of amides is 1. The summed E-state index contributed by atoms with van der Waals surface area (Å²) in [7, 11) is 1.59. The number of carbonyl (C=O) groups is 1. The Bertz CT molecular complexity index is 1230. The maximum atomic E-state index is 14.6. The van der Waals surface area contributed by atoms with Crippen molar-refractivity contribution in [3.63, 3.8) is 0 Å². The molecule has 0 aliphatic heterocycles. The van der Waals surface area contributed by atoms with E-state index in [4.69, 9.17) is 17.3 Å². The lowest BCUT2D eigenvalue weighted by Crippen LogP contribution is -2.10. The van der Waals surface area contributed by atoms with E-state index in [2.05, 4.69) is 42.5 Å². The van der Waals surface area contributed by atoms with Gasteiger partial charge in [-0.25, -0.2) is 14.4 Å². The van der Waals surface area contributed by atoms with E-state index in [1.165, 1.54) is 30.6 Å². The zero-order valence-corrected chi connectivity index (χ0v) is 18.3. The van der Waals surface area contributed by atoms with Gasteiger partial charge in [-0.15, -0.1) is 0 Å². The van der Waals surface area contributed by atoms with E-state index in [1.54, 1.807) is 31.6 Å². The van der Waals surface area contributed by atoms with Crippen LogP contribution in [-0.2, 0) is 4.79 Å². The molecule has 0 saturated carbocycles. The summed E-state index contributed by atoms with van der Waals surface area (Å²) in [5, 5.41) is 8.80. The van der Waals surface area contributed by atoms with E-state index < -0.39 is 11.7 Å². The summed E-state index contributed by atoms with van der Waals surface area (Å²) in [6, 6.07) is 7.44. The first-order valence-corrected chi connectivity index (χ1v) is 9.91. The Morgan fingerprint density at radius 1 is 1.21 bits per heavy atom. The van der Waals surface area contributed by atoms with Crippen LogP contribution in [-0.4, -0.2) is 34.1 Å². The van der Waals surface area contributed by atoms with Crippen molar-refractivity contribution >= 4 is 46.9 Å². The van der Waals surface area contributed by atoms with Crippen LogP contribution in [0.1, 0.15) is 0 Å². The summed E-state index contributed by atoms with van der Waals surface area (Å²) in [5.41, 5.74) is 7.69. The number of nitrogens with one attached hydrogen (secondary N) is 3. The van der Waals surface area contributed by atoms with Crippen LogP contribution in [0.2, 0.25) is 5.15 Å². The molecule has 2 aromatic heterocycles. The van der Waals surface area contributed by atoms with Gasteiger partial charge in [-0.1, -0.05) is 18.2 Å². The maximum Gasteiger partial charge on any atom is 0.247 e. The third-order valence-corrected chi connectivity index (χ3v) is 4.43. The second-order valence-corrected chi connectivity index (χ2v) is 6.86. The van der Waals surface area contributed by atoms with E-state index in [0.29, 0.717) is 27.7 Å². The number of pyridine rings is 1. The molecule has 9 nitrogen and oxygen atoms in total. The molecule has 5 N–H and O–H groups in total. The zero-order chi connectivity index (χ0) is 23.8. The van der Waals surface area contributed by atoms with Crippen LogP contribution in [0.4, 0.5) is 27.5 Å². The molecule has 3 rings (SSSR count). The zero-order valence-electron chi connectivity index (χ0n) is 17.5. The molecule has 0 aliphatic carbocycles. The topological polar surface area (TPSA) is 130 Å². The van der Waals surface area contributed by atoms with E-state index in [9.17, 15) is 9.18 Å². The van der Waals surface area contributed by atoms with Gasteiger partial charge in [-0.3, -0.25) is 9.79 Å². The third-order valence-electron chi connectivity index (χ3n) is 4.20. The van der Waals surface area contributed by atoms with Crippen LogP contribution in [0.15, 0.2) is 72.3 Å². The van der Waals surface area contributed by atoms with Crippen molar-refractivity contribution in [1.29, 1.82) is 0 Å². The van der Waals surface area contributed by atoms with E-state index in [-0.39, 0.29) is 17.5 Å². The summed E-state index contributed by atoms with van der Waals surface area (Å²) in [4.78, 5) is 28.4. The van der Waals surface area contributed by atoms with Gasteiger partial charge in [0.1, 0.15) is 16.8 Å². The highest BCUT2D eigenvalue weighted by Crippen LogP contribution is 2.31. The Morgan fingerprint density at radius 3 is 2.70 bits per heavy atom. The van der Waals surface area contributed by atoms with E-state index >= 15 is 0 Å². The van der Waals surface area contributed by atoms with Crippen molar-refractivity contribution in [1.82, 2.24) is 15.0 Å². The first kappa shape index (κ1) is 23.4. The maximum absolute atomic E-state index is 14.6. The minimum Gasteiger partial charge on any atom is -0.403 e. The number of anilines is 4. The minimum atomic E-state index is -0.555. The molecule has 0 radical (unpaired) electrons. The number of hydrogen-bond donors (Lipinski definition) is 4. The fourth-order valence-electron chi connectivity index (χ4n) is 2.69. The molecule has 0 saturated heterocycles. The molecule has 0 unspecified atom stereocenters. The molecule has 168 valence electrons. The Morgan fingerprint density at radius 2 is 2.03 bits per heavy atom. The predicted octanol–water partition coefficient (Wildman–Crippen LogP) is 4.11. The summed E-state index contributed by atoms with van der Waals surface area (Å²) in [5.74, 6) is -0.517. The van der Waals surface area contributed by atoms with Crippen molar-refractivity contribution in [3.8, 4) is 11.1 Å². The number of hydrogen-bond acceptors (Lipinski definition) is 8. The van der Waals surface area contributed by atoms with Gasteiger partial charge in [0.15, 0.2) is 0 Å². The van der Waals surface area contributed by atoms with Gasteiger partial charge in [0.25, 0.3) is 0 Å². The molecule has 1 amide bonds. The molecule has 0 fully saturated rings. The number of nitrogens with zero attached hydrogens (tertiary/aromatic N) is 4. The molecule has 2 heterocycles. The van der Waals surface area contributed by atoms with Gasteiger partial charge in [-0.05, 0) is 36.4 Å². The molecule has 0 aliphatic rings. The van der Waals surface area contributed by atoms with Crippen LogP contribution in [0.3, 0.4) is 0 Å². The Balaban J connectivity index is 2.04. The summed E-state index contributed by atoms with van der Waals surface area (Å²) in [6.45, 7) is 3.41. The molecule has 0 atom stereocenters. The number of nitrogens with two attached hydrogens (primary N) is 1. The lowest BCUT2D eigenvalue weighted by atomic mass is 10.1. The van der Waals surface area contributed by atoms with Gasteiger partial charge in [0, 0.05) is 48.7 Å². The fraction of sp³-hybridized carbons (Fsp3) is 0.0455. The van der Waals surface area contributed by atoms with Gasteiger partial charge >= 0.3 is 0 Å². The largest absolute Gasteiger partial charge is 0.403 e. The van der Waals surface area contributed by atoms with Crippen molar-refractivity contribution in [2.75, 3.05) is 23.0 Å². The number of carbonyl (C=O) groups excluding carboxylic acids is 1. The lowest BCUT2D eigenvalue weighted by molar-refractivity contribution is -0.111. The fourth-order valence-corrected chi connectivity index (χ4v) is 2.80. The number of rotatable bonds is 8. The molecule has 0 bridgehead atoms. The van der Waals surface area contributed by atoms with Crippen molar-refractivity contribution in [3.05, 3.63) is 78.2 Å². The van der Waals surface area contributed by atoms with Gasteiger partial charge in [0.05, 0.1) is 11.4 Å². The highest BCUT2D eigenvalue weighted by atomic mass is 35.5. The number of aliphatic imine (C=N–C) groups is 1. The van der Waals surface area contributed by atoms with Crippen molar-refractivity contribution < 1.29 is 9.18 Å². The molecule has 33 heavy (non-hydrogen) atoms. The molecular formula is C22H20ClFN8O. The number of benzene rings is 1. The van der Waals surface area contributed by atoms with Crippen LogP contribution in [0, 0.1) is 5.82 Å². The Hall–Kier alpha value is -4.31. The van der Waals surface area contributed by atoms with Crippen molar-refractivity contribution in [2.24, 2.45) is 10.7 Å². The predicted molar refractivity (Wildman–Crippen MR) is 129 cm³/mol. The van der Waals surface area contributed by atoms with Gasteiger partial charge in [-0.2, -0.15) is 4.98 Å². The van der Waals surface area contributed by atoms with Crippen LogP contribution >= 0.6 is 11.6 Å². The quantitative estimate of drug-likeness (QED) is 0.223. The highest BCUT2D eigenvalue weighted by molar-refractivity contribution is 6.29.